The van der Waals surface area contributed by atoms with Gasteiger partial charge in [0.15, 0.2) is 0 Å². The monoisotopic (exact) mass is 228 g/mol. The van der Waals surface area contributed by atoms with Crippen molar-refractivity contribution in [2.75, 3.05) is 13.2 Å². The number of carbonyl (C=O) groups is 1. The summed E-state index contributed by atoms with van der Waals surface area (Å²) in [5, 5.41) is 2.98. The molecule has 4 nitrogen and oxygen atoms in total. The van der Waals surface area contributed by atoms with Crippen LogP contribution in [-0.4, -0.2) is 31.2 Å². The first-order valence-corrected chi connectivity index (χ1v) is 6.14. The molecule has 1 aliphatic rings. The number of nitrogens with two attached hydrogens (primary N) is 1. The Morgan fingerprint density at radius 1 is 1.50 bits per heavy atom. The Morgan fingerprint density at radius 2 is 2.19 bits per heavy atom. The summed E-state index contributed by atoms with van der Waals surface area (Å²) in [6, 6.07) is -0.224. The Kier molecular flexibility index (Phi) is 5.22. The molecule has 1 fully saturated rings. The van der Waals surface area contributed by atoms with Crippen molar-refractivity contribution in [1.29, 1.82) is 0 Å². The topological polar surface area (TPSA) is 64.4 Å². The summed E-state index contributed by atoms with van der Waals surface area (Å²) in [5.74, 6) is 0.856. The highest BCUT2D eigenvalue weighted by atomic mass is 16.5. The lowest BCUT2D eigenvalue weighted by Gasteiger charge is -2.22. The summed E-state index contributed by atoms with van der Waals surface area (Å²) >= 11 is 0. The van der Waals surface area contributed by atoms with Gasteiger partial charge in [0.25, 0.3) is 0 Å². The maximum Gasteiger partial charge on any atom is 0.237 e. The second-order valence-corrected chi connectivity index (χ2v) is 5.16. The quantitative estimate of drug-likeness (QED) is 0.735. The first-order chi connectivity index (χ1) is 7.50. The molecule has 1 amide bonds. The first kappa shape index (κ1) is 13.5. The summed E-state index contributed by atoms with van der Waals surface area (Å²) < 4.78 is 5.30. The Labute approximate surface area is 97.9 Å². The fraction of sp³-hybridized carbons (Fsp3) is 0.917. The van der Waals surface area contributed by atoms with Crippen LogP contribution in [0.4, 0.5) is 0 Å². The molecule has 1 aliphatic heterocycles. The molecular formula is C12H24N2O2. The van der Waals surface area contributed by atoms with Crippen LogP contribution < -0.4 is 11.1 Å². The molecule has 0 radical (unpaired) electrons. The van der Waals surface area contributed by atoms with Crippen molar-refractivity contribution in [2.45, 2.75) is 45.7 Å². The van der Waals surface area contributed by atoms with Crippen LogP contribution in [-0.2, 0) is 9.53 Å². The zero-order valence-corrected chi connectivity index (χ0v) is 10.5. The lowest BCUT2D eigenvalue weighted by atomic mass is 9.99. The van der Waals surface area contributed by atoms with E-state index < -0.39 is 0 Å². The molecule has 94 valence electrons. The van der Waals surface area contributed by atoms with Gasteiger partial charge in [-0.15, -0.1) is 0 Å². The zero-order chi connectivity index (χ0) is 12.1. The van der Waals surface area contributed by atoms with Gasteiger partial charge in [-0.25, -0.2) is 0 Å². The minimum absolute atomic E-state index is 0.0342. The first-order valence-electron chi connectivity index (χ1n) is 6.14. The Hall–Kier alpha value is -0.610. The average molecular weight is 228 g/mol. The van der Waals surface area contributed by atoms with E-state index in [0.29, 0.717) is 11.8 Å². The summed E-state index contributed by atoms with van der Waals surface area (Å²) in [7, 11) is 0. The van der Waals surface area contributed by atoms with Crippen LogP contribution in [0.3, 0.4) is 0 Å². The van der Waals surface area contributed by atoms with Gasteiger partial charge in [-0.1, -0.05) is 13.8 Å². The van der Waals surface area contributed by atoms with Gasteiger partial charge in [-0.3, -0.25) is 4.79 Å². The molecule has 3 N–H and O–H groups in total. The Bertz CT molecular complexity index is 225. The highest BCUT2D eigenvalue weighted by Crippen LogP contribution is 2.16. The van der Waals surface area contributed by atoms with Crippen LogP contribution in [0.2, 0.25) is 0 Å². The third-order valence-corrected chi connectivity index (χ3v) is 3.10. The minimum atomic E-state index is -0.384. The molecule has 4 heteroatoms. The van der Waals surface area contributed by atoms with Gasteiger partial charge in [0.05, 0.1) is 12.6 Å². The van der Waals surface area contributed by atoms with Crippen LogP contribution >= 0.6 is 0 Å². The largest absolute Gasteiger partial charge is 0.381 e. The van der Waals surface area contributed by atoms with Crippen molar-refractivity contribution in [1.82, 2.24) is 5.32 Å². The number of hydrogen-bond donors (Lipinski definition) is 2. The Balaban J connectivity index is 2.31. The molecule has 3 atom stereocenters. The number of ether oxygens (including phenoxy) is 1. The maximum atomic E-state index is 11.8. The minimum Gasteiger partial charge on any atom is -0.381 e. The second kappa shape index (κ2) is 6.21. The summed E-state index contributed by atoms with van der Waals surface area (Å²) in [6.07, 6.45) is 1.76. The van der Waals surface area contributed by atoms with Gasteiger partial charge in [-0.2, -0.15) is 0 Å². The second-order valence-electron chi connectivity index (χ2n) is 5.16. The standard InChI is InChI=1S/C12H24N2O2/c1-8(2)6-11(13)12(15)14-9(3)10-4-5-16-7-10/h8-11H,4-7,13H2,1-3H3,(H,14,15)/t9?,10?,11-/m0/s1. The molecule has 0 bridgehead atoms. The van der Waals surface area contributed by atoms with Crippen LogP contribution in [0.5, 0.6) is 0 Å². The number of rotatable bonds is 5. The van der Waals surface area contributed by atoms with E-state index in [9.17, 15) is 4.79 Å². The number of amides is 1. The molecular weight excluding hydrogens is 204 g/mol. The van der Waals surface area contributed by atoms with Crippen LogP contribution in [0.1, 0.15) is 33.6 Å². The summed E-state index contributed by atoms with van der Waals surface area (Å²) in [4.78, 5) is 11.8. The number of carbonyl (C=O) groups excluding carboxylic acids is 1. The molecule has 0 saturated carbocycles. The maximum absolute atomic E-state index is 11.8. The predicted molar refractivity (Wildman–Crippen MR) is 64.0 cm³/mol. The molecule has 1 rings (SSSR count). The molecule has 0 aromatic rings. The Morgan fingerprint density at radius 3 is 2.69 bits per heavy atom. The van der Waals surface area contributed by atoms with E-state index >= 15 is 0 Å². The van der Waals surface area contributed by atoms with E-state index in [1.54, 1.807) is 0 Å². The van der Waals surface area contributed by atoms with Crippen molar-refractivity contribution >= 4 is 5.91 Å². The lowest BCUT2D eigenvalue weighted by molar-refractivity contribution is -0.123. The highest BCUT2D eigenvalue weighted by molar-refractivity contribution is 5.81. The van der Waals surface area contributed by atoms with Gasteiger partial charge in [-0.05, 0) is 25.7 Å². The zero-order valence-electron chi connectivity index (χ0n) is 10.5. The van der Waals surface area contributed by atoms with Crippen molar-refractivity contribution in [2.24, 2.45) is 17.6 Å². The van der Waals surface area contributed by atoms with Crippen LogP contribution in [0.15, 0.2) is 0 Å². The van der Waals surface area contributed by atoms with Gasteiger partial charge < -0.3 is 15.8 Å². The van der Waals surface area contributed by atoms with Crippen molar-refractivity contribution in [3.8, 4) is 0 Å². The van der Waals surface area contributed by atoms with Crippen molar-refractivity contribution in [3.05, 3.63) is 0 Å². The van der Waals surface area contributed by atoms with Crippen LogP contribution in [0.25, 0.3) is 0 Å². The smallest absolute Gasteiger partial charge is 0.237 e. The van der Waals surface area contributed by atoms with Gasteiger partial charge in [0.2, 0.25) is 5.91 Å². The average Bonchev–Trinajstić information content (AvgIpc) is 2.68. The molecule has 0 spiro atoms. The molecule has 0 aromatic carbocycles. The van der Waals surface area contributed by atoms with Crippen molar-refractivity contribution in [3.63, 3.8) is 0 Å². The van der Waals surface area contributed by atoms with E-state index in [1.165, 1.54) is 0 Å². The molecule has 1 saturated heterocycles. The van der Waals surface area contributed by atoms with Gasteiger partial charge >= 0.3 is 0 Å². The molecule has 1 heterocycles. The summed E-state index contributed by atoms with van der Waals surface area (Å²) in [5.41, 5.74) is 5.82. The molecule has 0 aromatic heterocycles. The van der Waals surface area contributed by atoms with E-state index in [-0.39, 0.29) is 18.0 Å². The molecule has 2 unspecified atom stereocenters. The number of hydrogen-bond acceptors (Lipinski definition) is 3. The van der Waals surface area contributed by atoms with E-state index in [2.05, 4.69) is 19.2 Å². The molecule has 16 heavy (non-hydrogen) atoms. The van der Waals surface area contributed by atoms with E-state index in [0.717, 1.165) is 26.1 Å². The molecule has 0 aliphatic carbocycles. The fourth-order valence-corrected chi connectivity index (χ4v) is 2.01. The summed E-state index contributed by atoms with van der Waals surface area (Å²) in [6.45, 7) is 7.73. The van der Waals surface area contributed by atoms with Gasteiger partial charge in [0.1, 0.15) is 0 Å². The van der Waals surface area contributed by atoms with Gasteiger partial charge in [0, 0.05) is 18.6 Å². The van der Waals surface area contributed by atoms with E-state index in [1.807, 2.05) is 6.92 Å². The third kappa shape index (κ3) is 4.10. The third-order valence-electron chi connectivity index (χ3n) is 3.10. The lowest BCUT2D eigenvalue weighted by Crippen LogP contribution is -2.47. The highest BCUT2D eigenvalue weighted by Gasteiger charge is 2.25. The van der Waals surface area contributed by atoms with E-state index in [4.69, 9.17) is 10.5 Å². The normalized spacial score (nSPS) is 24.4. The van der Waals surface area contributed by atoms with Crippen LogP contribution in [0, 0.1) is 11.8 Å². The van der Waals surface area contributed by atoms with Crippen molar-refractivity contribution < 1.29 is 9.53 Å². The number of nitrogens with one attached hydrogen (secondary N) is 1. The predicted octanol–water partition coefficient (Wildman–Crippen LogP) is 0.901. The SMILES string of the molecule is CC(C)C[C@H](N)C(=O)NC(C)C1CCOC1. The fourth-order valence-electron chi connectivity index (χ4n) is 2.01.